The van der Waals surface area contributed by atoms with E-state index in [9.17, 15) is 13.2 Å². The number of benzene rings is 1. The lowest BCUT2D eigenvalue weighted by Gasteiger charge is -2.07. The van der Waals surface area contributed by atoms with Crippen LogP contribution in [0, 0.1) is 6.92 Å². The molecule has 0 spiro atoms. The first-order chi connectivity index (χ1) is 8.92. The number of nitrogens with one attached hydrogen (secondary N) is 1. The van der Waals surface area contributed by atoms with Crippen LogP contribution in [0.25, 0.3) is 0 Å². The first-order valence-corrected chi connectivity index (χ1v) is 7.07. The van der Waals surface area contributed by atoms with Gasteiger partial charge in [-0.25, -0.2) is 4.98 Å². The summed E-state index contributed by atoms with van der Waals surface area (Å²) in [6, 6.07) is 6.20. The van der Waals surface area contributed by atoms with Crippen LogP contribution in [0.5, 0.6) is 0 Å². The van der Waals surface area contributed by atoms with Crippen molar-refractivity contribution in [3.63, 3.8) is 0 Å². The summed E-state index contributed by atoms with van der Waals surface area (Å²) in [5, 5.41) is 4.14. The van der Waals surface area contributed by atoms with Crippen molar-refractivity contribution in [2.75, 3.05) is 5.32 Å². The van der Waals surface area contributed by atoms with Crippen LogP contribution in [0.2, 0.25) is 0 Å². The van der Waals surface area contributed by atoms with E-state index in [0.717, 1.165) is 15.6 Å². The number of thioether (sulfide) groups is 1. The maximum atomic E-state index is 12.2. The Labute approximate surface area is 117 Å². The van der Waals surface area contributed by atoms with E-state index in [1.807, 2.05) is 6.92 Å². The van der Waals surface area contributed by atoms with Gasteiger partial charge < -0.3 is 5.32 Å². The summed E-state index contributed by atoms with van der Waals surface area (Å²) in [6.45, 7) is 2.55. The van der Waals surface area contributed by atoms with Gasteiger partial charge in [0.2, 0.25) is 0 Å². The molecule has 0 atom stereocenters. The van der Waals surface area contributed by atoms with Crippen molar-refractivity contribution in [1.82, 2.24) is 4.98 Å². The van der Waals surface area contributed by atoms with Crippen LogP contribution in [0.3, 0.4) is 0 Å². The summed E-state index contributed by atoms with van der Waals surface area (Å²) in [5.74, 6) is 0. The number of halogens is 3. The molecule has 0 amide bonds. The lowest BCUT2D eigenvalue weighted by Crippen LogP contribution is -2.00. The van der Waals surface area contributed by atoms with Crippen molar-refractivity contribution in [2.24, 2.45) is 0 Å². The second-order valence-electron chi connectivity index (χ2n) is 3.77. The van der Waals surface area contributed by atoms with Gasteiger partial charge in [-0.3, -0.25) is 0 Å². The number of anilines is 1. The van der Waals surface area contributed by atoms with Crippen LogP contribution >= 0.6 is 23.1 Å². The molecule has 19 heavy (non-hydrogen) atoms. The maximum Gasteiger partial charge on any atom is 0.446 e. The lowest BCUT2D eigenvalue weighted by molar-refractivity contribution is -0.0328. The second-order valence-corrected chi connectivity index (χ2v) is 6.23. The topological polar surface area (TPSA) is 24.9 Å². The predicted molar refractivity (Wildman–Crippen MR) is 72.5 cm³/mol. The number of hydrogen-bond acceptors (Lipinski definition) is 4. The molecule has 0 saturated carbocycles. The Hall–Kier alpha value is -1.21. The van der Waals surface area contributed by atoms with E-state index in [-0.39, 0.29) is 16.7 Å². The van der Waals surface area contributed by atoms with E-state index >= 15 is 0 Å². The number of nitrogens with zero attached hydrogens (tertiary/aromatic N) is 1. The second kappa shape index (κ2) is 5.83. The minimum absolute atomic E-state index is 0.108. The van der Waals surface area contributed by atoms with Gasteiger partial charge in [0.25, 0.3) is 0 Å². The van der Waals surface area contributed by atoms with Gasteiger partial charge in [-0.05, 0) is 43.0 Å². The van der Waals surface area contributed by atoms with Gasteiger partial charge in [0.05, 0.1) is 11.6 Å². The number of thiazole rings is 1. The summed E-state index contributed by atoms with van der Waals surface area (Å²) in [4.78, 5) is 5.41. The average molecular weight is 304 g/mol. The van der Waals surface area contributed by atoms with Crippen molar-refractivity contribution < 1.29 is 13.2 Å². The molecule has 0 aliphatic carbocycles. The van der Waals surface area contributed by atoms with Gasteiger partial charge in [-0.2, -0.15) is 13.2 Å². The third-order valence-electron chi connectivity index (χ3n) is 2.22. The summed E-state index contributed by atoms with van der Waals surface area (Å²) in [5.41, 5.74) is -3.45. The normalized spacial score (nSPS) is 11.6. The van der Waals surface area contributed by atoms with E-state index < -0.39 is 5.51 Å². The number of hydrogen-bond donors (Lipinski definition) is 1. The molecule has 0 aliphatic heterocycles. The molecule has 1 aromatic carbocycles. The van der Waals surface area contributed by atoms with Gasteiger partial charge in [0.15, 0.2) is 0 Å². The SMILES string of the molecule is Cc1ncc(CNc2ccc(SC(F)(F)F)cc2)s1. The van der Waals surface area contributed by atoms with Crippen LogP contribution in [0.4, 0.5) is 18.9 Å². The van der Waals surface area contributed by atoms with Gasteiger partial charge in [0.1, 0.15) is 0 Å². The average Bonchev–Trinajstić information content (AvgIpc) is 2.72. The summed E-state index contributed by atoms with van der Waals surface area (Å²) in [6.07, 6.45) is 1.79. The van der Waals surface area contributed by atoms with Crippen LogP contribution in [-0.4, -0.2) is 10.5 Å². The third-order valence-corrected chi connectivity index (χ3v) is 3.88. The van der Waals surface area contributed by atoms with Crippen molar-refractivity contribution in [2.45, 2.75) is 23.9 Å². The Morgan fingerprint density at radius 2 is 1.95 bits per heavy atom. The molecular formula is C12H11F3N2S2. The fourth-order valence-electron chi connectivity index (χ4n) is 1.45. The molecule has 2 aromatic rings. The Bertz CT molecular complexity index is 535. The summed E-state index contributed by atoms with van der Waals surface area (Å²) >= 11 is 1.48. The summed E-state index contributed by atoms with van der Waals surface area (Å²) < 4.78 is 36.5. The molecule has 0 aliphatic rings. The molecule has 0 unspecified atom stereocenters. The van der Waals surface area contributed by atoms with Crippen LogP contribution in [0.15, 0.2) is 35.4 Å². The van der Waals surface area contributed by atoms with E-state index in [1.54, 1.807) is 29.7 Å². The molecule has 7 heteroatoms. The fraction of sp³-hybridized carbons (Fsp3) is 0.250. The Morgan fingerprint density at radius 1 is 1.26 bits per heavy atom. The first-order valence-electron chi connectivity index (χ1n) is 5.43. The highest BCUT2D eigenvalue weighted by molar-refractivity contribution is 8.00. The largest absolute Gasteiger partial charge is 0.446 e. The molecule has 0 bridgehead atoms. The quantitative estimate of drug-likeness (QED) is 0.831. The van der Waals surface area contributed by atoms with Crippen molar-refractivity contribution >= 4 is 28.8 Å². The summed E-state index contributed by atoms with van der Waals surface area (Å²) in [7, 11) is 0. The lowest BCUT2D eigenvalue weighted by atomic mass is 10.3. The fourth-order valence-corrected chi connectivity index (χ4v) is 2.72. The van der Waals surface area contributed by atoms with E-state index in [1.165, 1.54) is 12.1 Å². The molecule has 1 heterocycles. The predicted octanol–water partition coefficient (Wildman–Crippen LogP) is 4.68. The first kappa shape index (κ1) is 14.2. The molecule has 2 rings (SSSR count). The standard InChI is InChI=1S/C12H11F3N2S2/c1-8-16-6-11(18-8)7-17-9-2-4-10(5-3-9)19-12(13,14)15/h2-6,17H,7H2,1H3. The highest BCUT2D eigenvalue weighted by atomic mass is 32.2. The Kier molecular flexibility index (Phi) is 4.36. The molecule has 0 saturated heterocycles. The van der Waals surface area contributed by atoms with Crippen LogP contribution in [0.1, 0.15) is 9.88 Å². The molecule has 102 valence electrons. The van der Waals surface area contributed by atoms with E-state index in [2.05, 4.69) is 10.3 Å². The van der Waals surface area contributed by atoms with Crippen LogP contribution < -0.4 is 5.32 Å². The molecule has 0 fully saturated rings. The van der Waals surface area contributed by atoms with Crippen molar-refractivity contribution in [1.29, 1.82) is 0 Å². The Balaban J connectivity index is 1.91. The molecule has 1 aromatic heterocycles. The monoisotopic (exact) mass is 304 g/mol. The number of aromatic nitrogens is 1. The van der Waals surface area contributed by atoms with E-state index in [0.29, 0.717) is 6.54 Å². The molecule has 2 nitrogen and oxygen atoms in total. The van der Waals surface area contributed by atoms with Crippen LogP contribution in [-0.2, 0) is 6.54 Å². The molecule has 0 radical (unpaired) electrons. The van der Waals surface area contributed by atoms with Crippen molar-refractivity contribution in [3.05, 3.63) is 40.3 Å². The zero-order chi connectivity index (χ0) is 13.9. The van der Waals surface area contributed by atoms with Crippen molar-refractivity contribution in [3.8, 4) is 0 Å². The number of aryl methyl sites for hydroxylation is 1. The molecule has 1 N–H and O–H groups in total. The smallest absolute Gasteiger partial charge is 0.380 e. The number of rotatable bonds is 4. The third kappa shape index (κ3) is 4.76. The highest BCUT2D eigenvalue weighted by Crippen LogP contribution is 2.37. The maximum absolute atomic E-state index is 12.2. The van der Waals surface area contributed by atoms with Gasteiger partial charge in [-0.1, -0.05) is 0 Å². The minimum atomic E-state index is -4.24. The Morgan fingerprint density at radius 3 is 2.47 bits per heavy atom. The van der Waals surface area contributed by atoms with E-state index in [4.69, 9.17) is 0 Å². The minimum Gasteiger partial charge on any atom is -0.380 e. The zero-order valence-electron chi connectivity index (χ0n) is 9.99. The molecular weight excluding hydrogens is 293 g/mol. The van der Waals surface area contributed by atoms with Gasteiger partial charge in [-0.15, -0.1) is 11.3 Å². The zero-order valence-corrected chi connectivity index (χ0v) is 11.6. The van der Waals surface area contributed by atoms with Gasteiger partial charge >= 0.3 is 5.51 Å². The van der Waals surface area contributed by atoms with Gasteiger partial charge in [0, 0.05) is 21.7 Å². The number of alkyl halides is 3. The highest BCUT2D eigenvalue weighted by Gasteiger charge is 2.28.